The van der Waals surface area contributed by atoms with Crippen molar-refractivity contribution in [2.24, 2.45) is 5.92 Å². The third-order valence-electron chi connectivity index (χ3n) is 9.30. The maximum absolute atomic E-state index is 14.0. The van der Waals surface area contributed by atoms with Gasteiger partial charge in [-0.2, -0.15) is 0 Å². The summed E-state index contributed by atoms with van der Waals surface area (Å²) in [5, 5.41) is 0. The molecule has 2 heterocycles. The van der Waals surface area contributed by atoms with Gasteiger partial charge in [0.15, 0.2) is 11.6 Å². The van der Waals surface area contributed by atoms with Crippen LogP contribution in [-0.4, -0.2) is 14.4 Å². The van der Waals surface area contributed by atoms with Crippen LogP contribution in [0.3, 0.4) is 0 Å². The van der Waals surface area contributed by atoms with Crippen LogP contribution in [0.5, 0.6) is 5.75 Å². The maximum atomic E-state index is 14.0. The molecule has 2 aromatic carbocycles. The minimum atomic E-state index is -4.89. The normalized spacial score (nSPS) is 24.0. The molecule has 0 amide bonds. The number of ether oxygens (including phenoxy) is 1. The lowest BCUT2D eigenvalue weighted by Crippen LogP contribution is -2.41. The molecule has 2 saturated heterocycles. The molecule has 0 unspecified atom stereocenters. The number of hydrogen-bond donors (Lipinski definition) is 0. The van der Waals surface area contributed by atoms with Gasteiger partial charge < -0.3 is 4.74 Å². The summed E-state index contributed by atoms with van der Waals surface area (Å²) >= 11 is 0. The van der Waals surface area contributed by atoms with Gasteiger partial charge in [0, 0.05) is 0 Å². The lowest BCUT2D eigenvalue weighted by molar-refractivity contribution is -0.275. The molecule has 1 nitrogen and oxygen atoms in total. The van der Waals surface area contributed by atoms with Gasteiger partial charge >= 0.3 is 6.36 Å². The number of halogens is 4. The molecule has 0 aliphatic carbocycles. The Bertz CT molecular complexity index is 986. The average molecular weight is 549 g/mol. The molecule has 1 spiro atoms. The molecule has 0 radical (unpaired) electrons. The molecule has 0 aromatic heterocycles. The van der Waals surface area contributed by atoms with Gasteiger partial charge in [0.2, 0.25) is 0 Å². The monoisotopic (exact) mass is 548 g/mol. The van der Waals surface area contributed by atoms with Crippen LogP contribution in [0.2, 0.25) is 24.2 Å². The van der Waals surface area contributed by atoms with E-state index in [9.17, 15) is 17.6 Å². The number of unbranched alkanes of at least 4 members (excludes halogenated alkanes) is 4. The highest BCUT2D eigenvalue weighted by Crippen LogP contribution is 2.47. The van der Waals surface area contributed by atoms with Crippen LogP contribution in [0.25, 0.3) is 0 Å². The second-order valence-corrected chi connectivity index (χ2v) is 17.0. The average Bonchev–Trinajstić information content (AvgIpc) is 2.90. The van der Waals surface area contributed by atoms with Crippen LogP contribution in [0.1, 0.15) is 93.7 Å². The van der Waals surface area contributed by atoms with Gasteiger partial charge in [0.05, 0.1) is 8.07 Å². The predicted octanol–water partition coefficient (Wildman–Crippen LogP) is 10.6. The van der Waals surface area contributed by atoms with Crippen LogP contribution >= 0.6 is 0 Å². The topological polar surface area (TPSA) is 9.23 Å². The molecule has 2 aliphatic heterocycles. The van der Waals surface area contributed by atoms with Crippen LogP contribution < -0.4 is 4.74 Å². The summed E-state index contributed by atoms with van der Waals surface area (Å²) in [6.07, 6.45) is 10.6. The highest BCUT2D eigenvalue weighted by Gasteiger charge is 2.40. The molecular formula is C32H44F4OSi. The standard InChI is InChI=1S/C32H44F4OSi/c1-2-3-4-5-6-7-25-16-20-38(21-17-25)22-18-29(19-23-38)28-13-10-26(11-14-28)8-9-27-12-15-31(30(33)24-27)37-32(34,35)36/h10-15,24-25,29H,2-9,16-23H2,1H3. The first kappa shape index (κ1) is 29.2. The minimum absolute atomic E-state index is 0.569. The van der Waals surface area contributed by atoms with E-state index < -0.39 is 26.0 Å². The maximum Gasteiger partial charge on any atom is 0.573 e. The molecule has 4 rings (SSSR count). The zero-order chi connectivity index (χ0) is 27.0. The van der Waals surface area contributed by atoms with E-state index >= 15 is 0 Å². The molecule has 0 bridgehead atoms. The van der Waals surface area contributed by atoms with Gasteiger partial charge in [-0.1, -0.05) is 113 Å². The predicted molar refractivity (Wildman–Crippen MR) is 150 cm³/mol. The van der Waals surface area contributed by atoms with E-state index in [1.165, 1.54) is 93.5 Å². The van der Waals surface area contributed by atoms with Crippen molar-refractivity contribution in [1.82, 2.24) is 0 Å². The first-order valence-electron chi connectivity index (χ1n) is 14.9. The lowest BCUT2D eigenvalue weighted by Gasteiger charge is -2.43. The van der Waals surface area contributed by atoms with Gasteiger partial charge in [-0.05, 0) is 66.3 Å². The molecule has 0 atom stereocenters. The second-order valence-electron chi connectivity index (χ2n) is 12.0. The van der Waals surface area contributed by atoms with Gasteiger partial charge in [-0.25, -0.2) is 4.39 Å². The summed E-state index contributed by atoms with van der Waals surface area (Å²) < 4.78 is 54.7. The summed E-state index contributed by atoms with van der Waals surface area (Å²) in [6.45, 7) is 2.29. The summed E-state index contributed by atoms with van der Waals surface area (Å²) in [4.78, 5) is 0. The van der Waals surface area contributed by atoms with Crippen LogP contribution in [0, 0.1) is 11.7 Å². The Morgan fingerprint density at radius 2 is 1.39 bits per heavy atom. The highest BCUT2D eigenvalue weighted by molar-refractivity contribution is 6.80. The molecule has 210 valence electrons. The SMILES string of the molecule is CCCCCCCC1CC[Si]2(CC1)CCC(c1ccc(CCc3ccc(OC(F)(F)F)c(F)c3)cc1)CC2. The Morgan fingerprint density at radius 1 is 0.789 bits per heavy atom. The molecule has 2 fully saturated rings. The lowest BCUT2D eigenvalue weighted by atomic mass is 9.92. The summed E-state index contributed by atoms with van der Waals surface area (Å²) in [6, 6.07) is 18.7. The Kier molecular flexibility index (Phi) is 10.4. The van der Waals surface area contributed by atoms with Crippen molar-refractivity contribution in [2.75, 3.05) is 0 Å². The van der Waals surface area contributed by atoms with E-state index in [-0.39, 0.29) is 0 Å². The van der Waals surface area contributed by atoms with Crippen LogP contribution in [0.15, 0.2) is 42.5 Å². The number of hydrogen-bond acceptors (Lipinski definition) is 1. The Hall–Kier alpha value is -1.82. The van der Waals surface area contributed by atoms with E-state index in [4.69, 9.17) is 0 Å². The molecule has 6 heteroatoms. The van der Waals surface area contributed by atoms with Crippen molar-refractivity contribution >= 4 is 8.07 Å². The smallest absolute Gasteiger partial charge is 0.403 e. The van der Waals surface area contributed by atoms with Gasteiger partial charge in [-0.15, -0.1) is 13.2 Å². The fraction of sp³-hybridized carbons (Fsp3) is 0.625. The van der Waals surface area contributed by atoms with Gasteiger partial charge in [0.1, 0.15) is 0 Å². The Labute approximate surface area is 227 Å². The number of rotatable bonds is 11. The third kappa shape index (κ3) is 8.59. The van der Waals surface area contributed by atoms with Gasteiger partial charge in [0.25, 0.3) is 0 Å². The number of benzene rings is 2. The summed E-state index contributed by atoms with van der Waals surface area (Å²) in [7, 11) is -1.03. The Morgan fingerprint density at radius 3 is 2.03 bits per heavy atom. The zero-order valence-electron chi connectivity index (χ0n) is 22.9. The molecule has 2 aromatic rings. The van der Waals surface area contributed by atoms with Gasteiger partial charge in [-0.3, -0.25) is 0 Å². The number of aryl methyl sites for hydroxylation is 2. The molecule has 0 N–H and O–H groups in total. The fourth-order valence-corrected chi connectivity index (χ4v) is 12.3. The van der Waals surface area contributed by atoms with Crippen LogP contribution in [0.4, 0.5) is 17.6 Å². The first-order chi connectivity index (χ1) is 18.3. The van der Waals surface area contributed by atoms with E-state index in [1.807, 2.05) is 0 Å². The van der Waals surface area contributed by atoms with Crippen molar-refractivity contribution in [3.63, 3.8) is 0 Å². The van der Waals surface area contributed by atoms with Crippen molar-refractivity contribution in [3.8, 4) is 5.75 Å². The third-order valence-corrected chi connectivity index (χ3v) is 14.7. The molecule has 0 saturated carbocycles. The highest BCUT2D eigenvalue weighted by atomic mass is 28.3. The minimum Gasteiger partial charge on any atom is -0.403 e. The van der Waals surface area contributed by atoms with Crippen molar-refractivity contribution in [3.05, 3.63) is 65.0 Å². The van der Waals surface area contributed by atoms with E-state index in [0.717, 1.165) is 24.5 Å². The molecule has 2 aliphatic rings. The molecule has 38 heavy (non-hydrogen) atoms. The van der Waals surface area contributed by atoms with Crippen molar-refractivity contribution in [1.29, 1.82) is 0 Å². The van der Waals surface area contributed by atoms with Crippen LogP contribution in [-0.2, 0) is 12.8 Å². The first-order valence-corrected chi connectivity index (χ1v) is 17.7. The summed E-state index contributed by atoms with van der Waals surface area (Å²) in [5.41, 5.74) is 3.27. The van der Waals surface area contributed by atoms with E-state index in [2.05, 4.69) is 35.9 Å². The Balaban J connectivity index is 1.19. The van der Waals surface area contributed by atoms with Crippen molar-refractivity contribution < 1.29 is 22.3 Å². The van der Waals surface area contributed by atoms with E-state index in [0.29, 0.717) is 17.9 Å². The van der Waals surface area contributed by atoms with Crippen molar-refractivity contribution in [2.45, 2.75) is 120 Å². The summed E-state index contributed by atoms with van der Waals surface area (Å²) in [5.74, 6) is -0.0881. The zero-order valence-corrected chi connectivity index (χ0v) is 23.9. The second kappa shape index (κ2) is 13.5. The number of alkyl halides is 3. The quantitative estimate of drug-likeness (QED) is 0.154. The largest absolute Gasteiger partial charge is 0.573 e. The molecular weight excluding hydrogens is 504 g/mol. The fourth-order valence-electron chi connectivity index (χ4n) is 6.83. The van der Waals surface area contributed by atoms with E-state index in [1.54, 1.807) is 12.1 Å².